The van der Waals surface area contributed by atoms with Gasteiger partial charge in [-0.3, -0.25) is 4.79 Å². The lowest BCUT2D eigenvalue weighted by Gasteiger charge is -2.34. The van der Waals surface area contributed by atoms with Gasteiger partial charge in [-0.05, 0) is 24.5 Å². The molecule has 0 aromatic carbocycles. The number of hydrogen-bond donors (Lipinski definition) is 2. The summed E-state index contributed by atoms with van der Waals surface area (Å²) in [5, 5.41) is 11.6. The Morgan fingerprint density at radius 2 is 2.08 bits per heavy atom. The number of urea groups is 1. The minimum atomic E-state index is -4.54. The van der Waals surface area contributed by atoms with Crippen LogP contribution >= 0.6 is 0 Å². The van der Waals surface area contributed by atoms with Gasteiger partial charge in [-0.15, -0.1) is 0 Å². The van der Waals surface area contributed by atoms with Gasteiger partial charge < -0.3 is 15.3 Å². The second-order valence-corrected chi connectivity index (χ2v) is 5.95. The third kappa shape index (κ3) is 4.59. The molecule has 2 rings (SSSR count). The van der Waals surface area contributed by atoms with E-state index < -0.39 is 29.8 Å². The van der Waals surface area contributed by atoms with Crippen LogP contribution in [0.4, 0.5) is 18.0 Å². The number of likely N-dealkylation sites (tertiary alicyclic amines) is 1. The van der Waals surface area contributed by atoms with Gasteiger partial charge in [0.15, 0.2) is 0 Å². The maximum absolute atomic E-state index is 12.6. The molecule has 1 fully saturated rings. The van der Waals surface area contributed by atoms with E-state index in [1.54, 1.807) is 0 Å². The Hall–Kier alpha value is -2.32. The Bertz CT molecular complexity index is 621. The van der Waals surface area contributed by atoms with Gasteiger partial charge in [0.2, 0.25) is 0 Å². The average Bonchev–Trinajstić information content (AvgIpc) is 2.51. The Kier molecular flexibility index (Phi) is 5.30. The number of alkyl halides is 3. The molecule has 0 aliphatic carbocycles. The molecule has 1 aliphatic heterocycles. The molecule has 24 heavy (non-hydrogen) atoms. The Morgan fingerprint density at radius 1 is 1.38 bits per heavy atom. The van der Waals surface area contributed by atoms with Crippen LogP contribution in [-0.4, -0.2) is 40.1 Å². The second-order valence-electron chi connectivity index (χ2n) is 5.95. The summed E-state index contributed by atoms with van der Waals surface area (Å²) in [6.07, 6.45) is -4.05. The first-order valence-electron chi connectivity index (χ1n) is 7.45. The molecule has 1 aromatic heterocycles. The molecule has 0 saturated carbocycles. The molecular formula is C15H18F3N3O3. The summed E-state index contributed by atoms with van der Waals surface area (Å²) in [4.78, 5) is 28.1. The second kappa shape index (κ2) is 7.06. The minimum Gasteiger partial charge on any atom is -0.481 e. The molecule has 2 heterocycles. The van der Waals surface area contributed by atoms with Gasteiger partial charge in [0.1, 0.15) is 5.69 Å². The number of carbonyl (C=O) groups excluding carboxylic acids is 1. The first kappa shape index (κ1) is 18.0. The number of carboxylic acids is 1. The third-order valence-electron chi connectivity index (χ3n) is 3.81. The highest BCUT2D eigenvalue weighted by Crippen LogP contribution is 2.27. The molecule has 2 atom stereocenters. The summed E-state index contributed by atoms with van der Waals surface area (Å²) in [7, 11) is 0. The number of rotatable bonds is 3. The number of aromatic nitrogens is 1. The van der Waals surface area contributed by atoms with E-state index in [1.807, 2.05) is 6.92 Å². The Morgan fingerprint density at radius 3 is 2.71 bits per heavy atom. The van der Waals surface area contributed by atoms with Crippen LogP contribution in [0, 0.1) is 11.8 Å². The molecule has 2 amide bonds. The van der Waals surface area contributed by atoms with E-state index in [4.69, 9.17) is 5.11 Å². The molecule has 132 valence electrons. The zero-order chi connectivity index (χ0) is 17.9. The van der Waals surface area contributed by atoms with Crippen LogP contribution in [0.1, 0.15) is 24.7 Å². The smallest absolute Gasteiger partial charge is 0.433 e. The fourth-order valence-electron chi connectivity index (χ4n) is 2.71. The molecule has 0 unspecified atom stereocenters. The lowest BCUT2D eigenvalue weighted by molar-refractivity contribution is -0.144. The predicted octanol–water partition coefficient (Wildman–Crippen LogP) is 2.35. The van der Waals surface area contributed by atoms with Crippen LogP contribution in [-0.2, 0) is 17.5 Å². The number of carboxylic acid groups (broad SMARTS) is 1. The predicted molar refractivity (Wildman–Crippen MR) is 78.0 cm³/mol. The van der Waals surface area contributed by atoms with Crippen LogP contribution in [0.25, 0.3) is 0 Å². The van der Waals surface area contributed by atoms with Gasteiger partial charge >= 0.3 is 18.2 Å². The highest BCUT2D eigenvalue weighted by molar-refractivity contribution is 5.76. The van der Waals surface area contributed by atoms with E-state index in [2.05, 4.69) is 10.3 Å². The summed E-state index contributed by atoms with van der Waals surface area (Å²) < 4.78 is 37.8. The van der Waals surface area contributed by atoms with Crippen molar-refractivity contribution in [1.29, 1.82) is 0 Å². The maximum Gasteiger partial charge on any atom is 0.433 e. The summed E-state index contributed by atoms with van der Waals surface area (Å²) >= 11 is 0. The average molecular weight is 345 g/mol. The van der Waals surface area contributed by atoms with Gasteiger partial charge in [0, 0.05) is 13.1 Å². The SMILES string of the molecule is C[C@@H]1C[C@@H](C(=O)O)CN(C(=O)NCc2cccc(C(F)(F)F)n2)C1. The fourth-order valence-corrected chi connectivity index (χ4v) is 2.71. The standard InChI is InChI=1S/C15H18F3N3O3/c1-9-5-10(13(22)23)8-21(7-9)14(24)19-6-11-3-2-4-12(20-11)15(16,17)18/h2-4,9-10H,5-8H2,1H3,(H,19,24)(H,22,23)/t9-,10-/m1/s1. The summed E-state index contributed by atoms with van der Waals surface area (Å²) in [6.45, 7) is 2.18. The van der Waals surface area contributed by atoms with E-state index in [0.717, 1.165) is 6.07 Å². The van der Waals surface area contributed by atoms with Crippen LogP contribution in [0.5, 0.6) is 0 Å². The number of halogens is 3. The van der Waals surface area contributed by atoms with Crippen molar-refractivity contribution in [3.63, 3.8) is 0 Å². The van der Waals surface area contributed by atoms with Crippen molar-refractivity contribution in [2.24, 2.45) is 11.8 Å². The van der Waals surface area contributed by atoms with E-state index in [9.17, 15) is 22.8 Å². The van der Waals surface area contributed by atoms with Crippen LogP contribution in [0.2, 0.25) is 0 Å². The number of hydrogen-bond acceptors (Lipinski definition) is 3. The van der Waals surface area contributed by atoms with Crippen molar-refractivity contribution in [3.05, 3.63) is 29.6 Å². The van der Waals surface area contributed by atoms with E-state index in [0.29, 0.717) is 13.0 Å². The number of nitrogens with one attached hydrogen (secondary N) is 1. The van der Waals surface area contributed by atoms with Gasteiger partial charge in [0.25, 0.3) is 0 Å². The number of carbonyl (C=O) groups is 2. The van der Waals surface area contributed by atoms with Gasteiger partial charge in [-0.25, -0.2) is 9.78 Å². The van der Waals surface area contributed by atoms with Gasteiger partial charge in [0.05, 0.1) is 18.2 Å². The normalized spacial score (nSPS) is 21.4. The van der Waals surface area contributed by atoms with Crippen molar-refractivity contribution in [3.8, 4) is 0 Å². The molecule has 1 saturated heterocycles. The van der Waals surface area contributed by atoms with E-state index in [1.165, 1.54) is 17.0 Å². The molecule has 2 N–H and O–H groups in total. The summed E-state index contributed by atoms with van der Waals surface area (Å²) in [5.74, 6) is -1.55. The van der Waals surface area contributed by atoms with Crippen LogP contribution in [0.3, 0.4) is 0 Å². The highest BCUT2D eigenvalue weighted by atomic mass is 19.4. The lowest BCUT2D eigenvalue weighted by Crippen LogP contribution is -2.49. The fraction of sp³-hybridized carbons (Fsp3) is 0.533. The molecule has 1 aliphatic rings. The van der Waals surface area contributed by atoms with Crippen LogP contribution in [0.15, 0.2) is 18.2 Å². The van der Waals surface area contributed by atoms with Crippen molar-refractivity contribution < 1.29 is 27.9 Å². The first-order chi connectivity index (χ1) is 11.2. The molecule has 0 spiro atoms. The summed E-state index contributed by atoms with van der Waals surface area (Å²) in [5.41, 5.74) is -0.940. The van der Waals surface area contributed by atoms with E-state index in [-0.39, 0.29) is 24.7 Å². The quantitative estimate of drug-likeness (QED) is 0.881. The number of pyridine rings is 1. The zero-order valence-corrected chi connectivity index (χ0v) is 13.0. The minimum absolute atomic E-state index is 0.0392. The Balaban J connectivity index is 1.97. The highest BCUT2D eigenvalue weighted by Gasteiger charge is 2.33. The molecule has 0 bridgehead atoms. The number of amides is 2. The van der Waals surface area contributed by atoms with Crippen molar-refractivity contribution >= 4 is 12.0 Å². The third-order valence-corrected chi connectivity index (χ3v) is 3.81. The number of nitrogens with zero attached hydrogens (tertiary/aromatic N) is 2. The zero-order valence-electron chi connectivity index (χ0n) is 13.0. The lowest BCUT2D eigenvalue weighted by atomic mass is 9.91. The van der Waals surface area contributed by atoms with E-state index >= 15 is 0 Å². The molecule has 6 nitrogen and oxygen atoms in total. The van der Waals surface area contributed by atoms with Crippen molar-refractivity contribution in [2.45, 2.75) is 26.1 Å². The largest absolute Gasteiger partial charge is 0.481 e. The maximum atomic E-state index is 12.6. The molecule has 9 heteroatoms. The Labute approximate surface area is 136 Å². The van der Waals surface area contributed by atoms with Crippen LogP contribution < -0.4 is 5.32 Å². The van der Waals surface area contributed by atoms with Crippen molar-refractivity contribution in [2.75, 3.05) is 13.1 Å². The summed E-state index contributed by atoms with van der Waals surface area (Å²) in [6, 6.07) is 2.96. The topological polar surface area (TPSA) is 82.5 Å². The number of aliphatic carboxylic acids is 1. The molecular weight excluding hydrogens is 327 g/mol. The monoisotopic (exact) mass is 345 g/mol. The van der Waals surface area contributed by atoms with Gasteiger partial charge in [-0.2, -0.15) is 13.2 Å². The van der Waals surface area contributed by atoms with Crippen molar-refractivity contribution in [1.82, 2.24) is 15.2 Å². The van der Waals surface area contributed by atoms with Gasteiger partial charge in [-0.1, -0.05) is 13.0 Å². The molecule has 0 radical (unpaired) electrons. The first-order valence-corrected chi connectivity index (χ1v) is 7.45. The molecule has 1 aromatic rings. The number of piperidine rings is 1.